The average molecular weight is 288 g/mol. The predicted octanol–water partition coefficient (Wildman–Crippen LogP) is 0.535. The number of primary amides is 2. The number of hydrogen-bond acceptors (Lipinski definition) is 6. The average Bonchev–Trinajstić information content (AvgIpc) is 2.72. The van der Waals surface area contributed by atoms with Gasteiger partial charge in [0.1, 0.15) is 0 Å². The van der Waals surface area contributed by atoms with Gasteiger partial charge in [-0.15, -0.1) is 5.01 Å². The van der Waals surface area contributed by atoms with E-state index >= 15 is 0 Å². The van der Waals surface area contributed by atoms with Crippen LogP contribution in [0.1, 0.15) is 17.3 Å². The molecule has 1 heterocycles. The number of azo groups is 1. The summed E-state index contributed by atoms with van der Waals surface area (Å²) in [5.41, 5.74) is 11.2. The lowest BCUT2D eigenvalue weighted by Gasteiger charge is -2.05. The molecular formula is C12H12N6O3. The van der Waals surface area contributed by atoms with E-state index in [0.29, 0.717) is 22.0 Å². The van der Waals surface area contributed by atoms with Crippen molar-refractivity contribution >= 4 is 29.2 Å². The van der Waals surface area contributed by atoms with Crippen LogP contribution in [-0.4, -0.2) is 34.6 Å². The van der Waals surface area contributed by atoms with Gasteiger partial charge in [0.15, 0.2) is 6.04 Å². The van der Waals surface area contributed by atoms with Crippen LogP contribution in [0.15, 0.2) is 39.6 Å². The molecule has 1 aromatic carbocycles. The molecule has 21 heavy (non-hydrogen) atoms. The highest BCUT2D eigenvalue weighted by atomic mass is 16.2. The van der Waals surface area contributed by atoms with Crippen LogP contribution in [0.2, 0.25) is 0 Å². The van der Waals surface area contributed by atoms with Crippen LogP contribution in [-0.2, 0) is 4.79 Å². The minimum atomic E-state index is -0.978. The van der Waals surface area contributed by atoms with Crippen molar-refractivity contribution in [3.8, 4) is 0 Å². The molecule has 2 rings (SSSR count). The Labute approximate surface area is 119 Å². The van der Waals surface area contributed by atoms with Gasteiger partial charge in [-0.2, -0.15) is 15.3 Å². The maximum Gasteiger partial charge on any atom is 0.342 e. The zero-order valence-electron chi connectivity index (χ0n) is 11.1. The van der Waals surface area contributed by atoms with E-state index in [1.54, 1.807) is 6.92 Å². The van der Waals surface area contributed by atoms with Crippen LogP contribution in [0.25, 0.3) is 0 Å². The van der Waals surface area contributed by atoms with Crippen molar-refractivity contribution in [1.82, 2.24) is 5.01 Å². The molecule has 0 radical (unpaired) electrons. The second kappa shape index (κ2) is 5.49. The number of carbonyl (C=O) groups excluding carboxylic acids is 3. The van der Waals surface area contributed by atoms with Crippen molar-refractivity contribution in [2.75, 3.05) is 0 Å². The van der Waals surface area contributed by atoms with Crippen LogP contribution >= 0.6 is 0 Å². The molecule has 1 atom stereocenters. The van der Waals surface area contributed by atoms with E-state index in [1.165, 1.54) is 24.3 Å². The number of carbonyl (C=O) groups is 3. The monoisotopic (exact) mass is 288 g/mol. The fourth-order valence-electron chi connectivity index (χ4n) is 1.66. The molecule has 1 unspecified atom stereocenters. The second-order valence-electron chi connectivity index (χ2n) is 4.26. The van der Waals surface area contributed by atoms with Gasteiger partial charge in [-0.3, -0.25) is 9.59 Å². The fourth-order valence-corrected chi connectivity index (χ4v) is 1.66. The highest BCUT2D eigenvalue weighted by molar-refractivity contribution is 6.15. The molecule has 0 aromatic heterocycles. The Bertz CT molecular complexity index is 664. The minimum Gasteiger partial charge on any atom is -0.366 e. The Morgan fingerprint density at radius 3 is 2.33 bits per heavy atom. The van der Waals surface area contributed by atoms with Crippen LogP contribution in [0.5, 0.6) is 0 Å². The molecule has 0 fully saturated rings. The molecule has 0 aliphatic carbocycles. The molecule has 0 bridgehead atoms. The van der Waals surface area contributed by atoms with Crippen LogP contribution in [0.4, 0.5) is 10.5 Å². The number of rotatable bonds is 3. The van der Waals surface area contributed by atoms with E-state index in [2.05, 4.69) is 15.3 Å². The third kappa shape index (κ3) is 2.91. The quantitative estimate of drug-likeness (QED) is 0.783. The lowest BCUT2D eigenvalue weighted by Crippen LogP contribution is -2.37. The topological polar surface area (TPSA) is 144 Å². The number of amides is 4. The Morgan fingerprint density at radius 2 is 1.86 bits per heavy atom. The van der Waals surface area contributed by atoms with Crippen LogP contribution in [0.3, 0.4) is 0 Å². The van der Waals surface area contributed by atoms with Crippen molar-refractivity contribution in [2.24, 2.45) is 26.8 Å². The molecular weight excluding hydrogens is 276 g/mol. The van der Waals surface area contributed by atoms with Crippen molar-refractivity contribution in [3.63, 3.8) is 0 Å². The van der Waals surface area contributed by atoms with E-state index in [4.69, 9.17) is 11.5 Å². The Kier molecular flexibility index (Phi) is 3.74. The molecule has 0 saturated heterocycles. The molecule has 108 valence electrons. The Morgan fingerprint density at radius 1 is 1.24 bits per heavy atom. The predicted molar refractivity (Wildman–Crippen MR) is 72.8 cm³/mol. The van der Waals surface area contributed by atoms with Gasteiger partial charge in [-0.25, -0.2) is 4.79 Å². The van der Waals surface area contributed by atoms with E-state index in [0.717, 1.165) is 0 Å². The third-order valence-corrected chi connectivity index (χ3v) is 2.75. The van der Waals surface area contributed by atoms with E-state index < -0.39 is 23.9 Å². The Hall–Kier alpha value is -3.10. The van der Waals surface area contributed by atoms with E-state index in [-0.39, 0.29) is 0 Å². The number of nitrogens with zero attached hydrogens (tertiary/aromatic N) is 4. The molecule has 1 aromatic rings. The van der Waals surface area contributed by atoms with E-state index in [9.17, 15) is 14.4 Å². The van der Waals surface area contributed by atoms with Gasteiger partial charge < -0.3 is 11.5 Å². The number of hydrazone groups is 1. The maximum absolute atomic E-state index is 11.8. The number of benzene rings is 1. The van der Waals surface area contributed by atoms with Gasteiger partial charge >= 0.3 is 6.03 Å². The van der Waals surface area contributed by atoms with Crippen molar-refractivity contribution in [1.29, 1.82) is 0 Å². The highest BCUT2D eigenvalue weighted by Crippen LogP contribution is 2.17. The zero-order valence-corrected chi connectivity index (χ0v) is 11.1. The van der Waals surface area contributed by atoms with Crippen molar-refractivity contribution < 1.29 is 14.4 Å². The molecule has 1 aliphatic rings. The minimum absolute atomic E-state index is 0.316. The summed E-state index contributed by atoms with van der Waals surface area (Å²) in [5.74, 6) is -1.21. The normalized spacial score (nSPS) is 18.1. The lowest BCUT2D eigenvalue weighted by molar-refractivity contribution is -0.126. The molecule has 1 aliphatic heterocycles. The van der Waals surface area contributed by atoms with Crippen molar-refractivity contribution in [2.45, 2.75) is 13.0 Å². The molecule has 4 amide bonds. The first-order valence-electron chi connectivity index (χ1n) is 5.89. The third-order valence-electron chi connectivity index (χ3n) is 2.75. The number of imide groups is 1. The maximum atomic E-state index is 11.8. The highest BCUT2D eigenvalue weighted by Gasteiger charge is 2.36. The summed E-state index contributed by atoms with van der Waals surface area (Å²) >= 11 is 0. The SMILES string of the molecule is CC1=NN(C(N)=O)C(=O)C1N=Nc1ccc(C(N)=O)cc1. The summed E-state index contributed by atoms with van der Waals surface area (Å²) in [4.78, 5) is 33.7. The molecule has 0 spiro atoms. The van der Waals surface area contributed by atoms with Gasteiger partial charge in [-0.05, 0) is 31.2 Å². The van der Waals surface area contributed by atoms with Gasteiger partial charge in [0.05, 0.1) is 11.4 Å². The number of hydrogen-bond donors (Lipinski definition) is 2. The largest absolute Gasteiger partial charge is 0.366 e. The fraction of sp³-hybridized carbons (Fsp3) is 0.167. The van der Waals surface area contributed by atoms with Gasteiger partial charge in [0, 0.05) is 5.56 Å². The first-order valence-corrected chi connectivity index (χ1v) is 5.89. The molecule has 4 N–H and O–H groups in total. The van der Waals surface area contributed by atoms with Crippen LogP contribution < -0.4 is 11.5 Å². The first-order chi connectivity index (χ1) is 9.90. The smallest absolute Gasteiger partial charge is 0.342 e. The summed E-state index contributed by atoms with van der Waals surface area (Å²) < 4.78 is 0. The van der Waals surface area contributed by atoms with Gasteiger partial charge in [0.25, 0.3) is 5.91 Å². The van der Waals surface area contributed by atoms with Gasteiger partial charge in [0.2, 0.25) is 5.91 Å². The lowest BCUT2D eigenvalue weighted by atomic mass is 10.2. The second-order valence-corrected chi connectivity index (χ2v) is 4.26. The molecule has 9 nitrogen and oxygen atoms in total. The van der Waals surface area contributed by atoms with Gasteiger partial charge in [-0.1, -0.05) is 0 Å². The summed E-state index contributed by atoms with van der Waals surface area (Å²) in [6.45, 7) is 1.54. The standard InChI is InChI=1S/C12H12N6O3/c1-6-9(11(20)18(17-6)12(14)21)16-15-8-4-2-7(3-5-8)10(13)19/h2-5,9H,1H3,(H2,13,19)(H2,14,21). The van der Waals surface area contributed by atoms with Crippen molar-refractivity contribution in [3.05, 3.63) is 29.8 Å². The molecule has 0 saturated carbocycles. The Balaban J connectivity index is 2.15. The number of urea groups is 1. The summed E-state index contributed by atoms with van der Waals surface area (Å²) in [6, 6.07) is 4.09. The molecule has 9 heteroatoms. The van der Waals surface area contributed by atoms with Crippen LogP contribution in [0, 0.1) is 0 Å². The van der Waals surface area contributed by atoms with E-state index in [1.807, 2.05) is 0 Å². The zero-order chi connectivity index (χ0) is 15.6. The summed E-state index contributed by atoms with van der Waals surface area (Å²) in [5, 5.41) is 12.0. The number of nitrogens with two attached hydrogens (primary N) is 2. The first kappa shape index (κ1) is 14.3. The summed E-state index contributed by atoms with van der Waals surface area (Å²) in [6.07, 6.45) is 0. The summed E-state index contributed by atoms with van der Waals surface area (Å²) in [7, 11) is 0.